The van der Waals surface area contributed by atoms with E-state index < -0.39 is 0 Å². The molecule has 0 aliphatic rings. The van der Waals surface area contributed by atoms with Crippen molar-refractivity contribution in [1.82, 2.24) is 29.1 Å². The summed E-state index contributed by atoms with van der Waals surface area (Å²) < 4.78 is 3.62. The molecular weight excluding hydrogens is 444 g/mol. The summed E-state index contributed by atoms with van der Waals surface area (Å²) in [5.41, 5.74) is 10.1. The predicted octanol–water partition coefficient (Wildman–Crippen LogP) is 4.96. The van der Waals surface area contributed by atoms with E-state index in [4.69, 9.17) is 17.3 Å². The summed E-state index contributed by atoms with van der Waals surface area (Å²) >= 11 is 8.10. The van der Waals surface area contributed by atoms with Crippen molar-refractivity contribution >= 4 is 46.5 Å². The van der Waals surface area contributed by atoms with E-state index in [0.29, 0.717) is 16.5 Å². The van der Waals surface area contributed by atoms with E-state index in [1.165, 1.54) is 11.8 Å². The summed E-state index contributed by atoms with van der Waals surface area (Å²) in [6.45, 7) is 2.03. The molecule has 3 aromatic heterocycles. The van der Waals surface area contributed by atoms with Crippen molar-refractivity contribution < 1.29 is 0 Å². The number of nitrogens with zero attached hydrogens (tertiary/aromatic N) is 6. The Balaban J connectivity index is 1.52. The maximum atomic E-state index is 6.60. The Kier molecular flexibility index (Phi) is 5.20. The molecule has 0 unspecified atom stereocenters. The van der Waals surface area contributed by atoms with Gasteiger partial charge in [-0.15, -0.1) is 5.10 Å². The minimum atomic E-state index is 0.166. The number of fused-ring (bicyclic) bond motifs is 1. The molecule has 32 heavy (non-hydrogen) atoms. The number of imidazole rings is 1. The average Bonchev–Trinajstić information content (AvgIpc) is 3.35. The molecule has 0 amide bonds. The smallest absolute Gasteiger partial charge is 0.240 e. The van der Waals surface area contributed by atoms with E-state index >= 15 is 0 Å². The third-order valence-electron chi connectivity index (χ3n) is 4.87. The first kappa shape index (κ1) is 20.3. The number of nitrogens with one attached hydrogen (secondary N) is 1. The minimum absolute atomic E-state index is 0.166. The molecule has 0 radical (unpaired) electrons. The van der Waals surface area contributed by atoms with Crippen LogP contribution in [0.25, 0.3) is 16.9 Å². The van der Waals surface area contributed by atoms with Crippen molar-refractivity contribution in [3.63, 3.8) is 0 Å². The maximum absolute atomic E-state index is 6.60. The van der Waals surface area contributed by atoms with Gasteiger partial charge in [0.2, 0.25) is 11.6 Å². The second-order valence-electron chi connectivity index (χ2n) is 7.26. The number of halogens is 1. The Labute approximate surface area is 193 Å². The molecule has 5 rings (SSSR count). The van der Waals surface area contributed by atoms with Crippen LogP contribution in [0.5, 0.6) is 0 Å². The fourth-order valence-electron chi connectivity index (χ4n) is 3.32. The van der Waals surface area contributed by atoms with Gasteiger partial charge in [0.25, 0.3) is 0 Å². The molecule has 2 aromatic carbocycles. The molecule has 5 aromatic rings. The maximum Gasteiger partial charge on any atom is 0.240 e. The second-order valence-corrected chi connectivity index (χ2v) is 8.68. The van der Waals surface area contributed by atoms with Crippen LogP contribution in [0, 0.1) is 6.92 Å². The molecule has 0 bridgehead atoms. The van der Waals surface area contributed by atoms with Crippen LogP contribution in [0.4, 0.5) is 17.5 Å². The lowest BCUT2D eigenvalue weighted by Gasteiger charge is -2.11. The molecule has 8 nitrogen and oxygen atoms in total. The van der Waals surface area contributed by atoms with Gasteiger partial charge in [-0.25, -0.2) is 14.5 Å². The van der Waals surface area contributed by atoms with Gasteiger partial charge >= 0.3 is 0 Å². The van der Waals surface area contributed by atoms with Gasteiger partial charge in [-0.2, -0.15) is 4.98 Å². The monoisotopic (exact) mass is 462 g/mol. The molecule has 0 spiro atoms. The Morgan fingerprint density at radius 3 is 2.75 bits per heavy atom. The van der Waals surface area contributed by atoms with Gasteiger partial charge in [-0.05, 0) is 36.8 Å². The zero-order chi connectivity index (χ0) is 22.2. The first-order valence-electron chi connectivity index (χ1n) is 9.78. The molecule has 0 saturated carbocycles. The second kappa shape index (κ2) is 8.18. The van der Waals surface area contributed by atoms with Crippen LogP contribution in [0.15, 0.2) is 71.1 Å². The van der Waals surface area contributed by atoms with Crippen LogP contribution in [0.2, 0.25) is 5.02 Å². The normalized spacial score (nSPS) is 11.2. The third kappa shape index (κ3) is 3.88. The molecule has 10 heteroatoms. The summed E-state index contributed by atoms with van der Waals surface area (Å²) in [5.74, 6) is 0.733. The van der Waals surface area contributed by atoms with E-state index in [1.54, 1.807) is 16.9 Å². The van der Waals surface area contributed by atoms with E-state index in [0.717, 1.165) is 32.6 Å². The predicted molar refractivity (Wildman–Crippen MR) is 127 cm³/mol. The summed E-state index contributed by atoms with van der Waals surface area (Å²) in [7, 11) is 1.95. The fraction of sp³-hybridized carbons (Fsp3) is 0.0909. The molecule has 0 atom stereocenters. The number of hydrogen-bond acceptors (Lipinski definition) is 7. The number of benzene rings is 2. The van der Waals surface area contributed by atoms with Gasteiger partial charge in [-0.1, -0.05) is 41.6 Å². The highest BCUT2D eigenvalue weighted by atomic mass is 35.5. The molecule has 0 saturated heterocycles. The van der Waals surface area contributed by atoms with Crippen LogP contribution in [-0.2, 0) is 7.05 Å². The lowest BCUT2D eigenvalue weighted by molar-refractivity contribution is 0.790. The summed E-state index contributed by atoms with van der Waals surface area (Å²) in [6, 6.07) is 13.8. The van der Waals surface area contributed by atoms with Gasteiger partial charge < -0.3 is 15.6 Å². The molecule has 0 fully saturated rings. The number of rotatable bonds is 5. The topological polar surface area (TPSA) is 99.0 Å². The number of anilines is 3. The average molecular weight is 463 g/mol. The number of aromatic nitrogens is 6. The van der Waals surface area contributed by atoms with Crippen molar-refractivity contribution in [2.45, 2.75) is 17.0 Å². The largest absolute Gasteiger partial charge is 0.366 e. The van der Waals surface area contributed by atoms with Gasteiger partial charge in [0.05, 0.1) is 16.9 Å². The zero-order valence-electron chi connectivity index (χ0n) is 17.3. The molecule has 3 N–H and O–H groups in total. The van der Waals surface area contributed by atoms with E-state index in [9.17, 15) is 0 Å². The number of nitrogen functional groups attached to an aromatic ring is 1. The Bertz CT molecular complexity index is 1440. The van der Waals surface area contributed by atoms with Crippen LogP contribution in [0.3, 0.4) is 0 Å². The van der Waals surface area contributed by atoms with Gasteiger partial charge in [0.1, 0.15) is 0 Å². The highest BCUT2D eigenvalue weighted by Crippen LogP contribution is 2.35. The SMILES string of the molecule is Cc1cccc(Nc2ncc(-c3ccc(Sc4nccn4C)c(Cl)c3)n3nc(N)nc23)c1. The van der Waals surface area contributed by atoms with E-state index in [1.807, 2.05) is 67.2 Å². The van der Waals surface area contributed by atoms with Crippen LogP contribution in [-0.4, -0.2) is 29.1 Å². The highest BCUT2D eigenvalue weighted by molar-refractivity contribution is 7.99. The van der Waals surface area contributed by atoms with Crippen LogP contribution in [0.1, 0.15) is 5.56 Å². The van der Waals surface area contributed by atoms with Crippen LogP contribution >= 0.6 is 23.4 Å². The molecule has 0 aliphatic carbocycles. The van der Waals surface area contributed by atoms with Crippen molar-refractivity contribution in [3.8, 4) is 11.3 Å². The summed E-state index contributed by atoms with van der Waals surface area (Å²) in [5, 5.41) is 9.15. The Morgan fingerprint density at radius 2 is 2.00 bits per heavy atom. The van der Waals surface area contributed by atoms with Gasteiger partial charge in [0.15, 0.2) is 11.0 Å². The standard InChI is InChI=1S/C22H19ClN8S/c1-13-4-3-5-15(10-13)27-19-20-28-21(24)29-31(20)17(12-26-19)14-6-7-18(16(23)11-14)32-22-25-8-9-30(22)2/h3-12H,1-2H3,(H2,24,29)(H,26,27). The number of hydrogen-bond donors (Lipinski definition) is 2. The zero-order valence-corrected chi connectivity index (χ0v) is 18.9. The van der Waals surface area contributed by atoms with E-state index in [-0.39, 0.29) is 5.95 Å². The van der Waals surface area contributed by atoms with Crippen molar-refractivity contribution in [1.29, 1.82) is 0 Å². The first-order valence-corrected chi connectivity index (χ1v) is 11.0. The van der Waals surface area contributed by atoms with E-state index in [2.05, 4.69) is 25.4 Å². The molecular formula is C22H19ClN8S. The lowest BCUT2D eigenvalue weighted by Crippen LogP contribution is -2.02. The Hall–Kier alpha value is -3.56. The number of aryl methyl sites for hydroxylation is 2. The van der Waals surface area contributed by atoms with Gasteiger partial charge in [0, 0.05) is 35.6 Å². The van der Waals surface area contributed by atoms with Crippen molar-refractivity contribution in [3.05, 3.63) is 71.6 Å². The highest BCUT2D eigenvalue weighted by Gasteiger charge is 2.15. The lowest BCUT2D eigenvalue weighted by atomic mass is 10.1. The molecule has 160 valence electrons. The van der Waals surface area contributed by atoms with Gasteiger partial charge in [-0.3, -0.25) is 0 Å². The Morgan fingerprint density at radius 1 is 1.12 bits per heavy atom. The first-order chi connectivity index (χ1) is 15.5. The quantitative estimate of drug-likeness (QED) is 0.380. The summed E-state index contributed by atoms with van der Waals surface area (Å²) in [4.78, 5) is 14.2. The molecule has 3 heterocycles. The fourth-order valence-corrected chi connectivity index (χ4v) is 4.43. The van der Waals surface area contributed by atoms with Crippen molar-refractivity contribution in [2.75, 3.05) is 11.1 Å². The van der Waals surface area contributed by atoms with Crippen molar-refractivity contribution in [2.24, 2.45) is 7.05 Å². The summed E-state index contributed by atoms with van der Waals surface area (Å²) in [6.07, 6.45) is 5.39. The third-order valence-corrected chi connectivity index (χ3v) is 6.44. The molecule has 0 aliphatic heterocycles. The van der Waals surface area contributed by atoms with Crippen LogP contribution < -0.4 is 11.1 Å². The minimum Gasteiger partial charge on any atom is -0.366 e. The number of nitrogens with two attached hydrogens (primary N) is 1.